The zero-order chi connectivity index (χ0) is 17.7. The fraction of sp³-hybridized carbons (Fsp3) is 0.588. The van der Waals surface area contributed by atoms with Gasteiger partial charge >= 0.3 is 0 Å². The summed E-state index contributed by atoms with van der Waals surface area (Å²) in [5.74, 6) is -2.87. The molecule has 0 bridgehead atoms. The van der Waals surface area contributed by atoms with Crippen LogP contribution in [0.2, 0.25) is 0 Å². The second-order valence-corrected chi connectivity index (χ2v) is 7.11. The van der Waals surface area contributed by atoms with E-state index in [-0.39, 0.29) is 29.4 Å². The second kappa shape index (κ2) is 8.87. The molecule has 7 heteroatoms. The lowest BCUT2D eigenvalue weighted by Crippen LogP contribution is -2.36. The predicted octanol–water partition coefficient (Wildman–Crippen LogP) is 3.22. The summed E-state index contributed by atoms with van der Waals surface area (Å²) in [7, 11) is 0. The van der Waals surface area contributed by atoms with Gasteiger partial charge in [-0.1, -0.05) is 6.92 Å². The monoisotopic (exact) mass is 361 g/mol. The molecule has 134 valence electrons. The van der Waals surface area contributed by atoms with Gasteiger partial charge in [-0.2, -0.15) is 12.6 Å². The lowest BCUT2D eigenvalue weighted by Gasteiger charge is -2.26. The van der Waals surface area contributed by atoms with Crippen LogP contribution >= 0.6 is 12.6 Å². The summed E-state index contributed by atoms with van der Waals surface area (Å²) in [5, 5.41) is 0.224. The number of halogens is 3. The normalized spacial score (nSPS) is 22.7. The van der Waals surface area contributed by atoms with Gasteiger partial charge in [0.25, 0.3) is 0 Å². The quantitative estimate of drug-likeness (QED) is 0.438. The second-order valence-electron chi connectivity index (χ2n) is 6.38. The molecular weight excluding hydrogens is 339 g/mol. The van der Waals surface area contributed by atoms with Crippen molar-refractivity contribution in [1.29, 1.82) is 0 Å². The van der Waals surface area contributed by atoms with Crippen LogP contribution in [0.5, 0.6) is 0 Å². The third-order valence-electron chi connectivity index (χ3n) is 4.21. The van der Waals surface area contributed by atoms with Crippen molar-refractivity contribution in [3.63, 3.8) is 0 Å². The van der Waals surface area contributed by atoms with E-state index in [0.29, 0.717) is 19.1 Å². The first-order valence-electron chi connectivity index (χ1n) is 7.97. The van der Waals surface area contributed by atoms with Gasteiger partial charge in [0.15, 0.2) is 11.6 Å². The molecule has 24 heavy (non-hydrogen) atoms. The Balaban J connectivity index is 1.88. The Morgan fingerprint density at radius 3 is 2.75 bits per heavy atom. The van der Waals surface area contributed by atoms with Gasteiger partial charge in [0.2, 0.25) is 0 Å². The number of carbonyl (C=O) groups is 1. The number of hydrogen-bond acceptors (Lipinski definition) is 4. The van der Waals surface area contributed by atoms with Crippen molar-refractivity contribution in [3.8, 4) is 0 Å². The summed E-state index contributed by atoms with van der Waals surface area (Å²) < 4.78 is 45.2. The molecule has 0 aromatic heterocycles. The van der Waals surface area contributed by atoms with Gasteiger partial charge in [-0.3, -0.25) is 4.90 Å². The van der Waals surface area contributed by atoms with Crippen LogP contribution in [0.1, 0.15) is 25.3 Å². The van der Waals surface area contributed by atoms with Gasteiger partial charge in [-0.05, 0) is 18.4 Å². The molecule has 1 aromatic rings. The lowest BCUT2D eigenvalue weighted by molar-refractivity contribution is -0.108. The molecular formula is C17H22F3NO2S. The molecule has 0 amide bonds. The molecule has 3 nitrogen and oxygen atoms in total. The molecule has 1 fully saturated rings. The summed E-state index contributed by atoms with van der Waals surface area (Å²) in [6, 6.07) is 1.47. The zero-order valence-electron chi connectivity index (χ0n) is 13.6. The maximum absolute atomic E-state index is 13.6. The van der Waals surface area contributed by atoms with E-state index in [0.717, 1.165) is 31.9 Å². The van der Waals surface area contributed by atoms with Gasteiger partial charge in [0.05, 0.1) is 13.2 Å². The topological polar surface area (TPSA) is 29.5 Å². The Bertz CT molecular complexity index is 573. The molecule has 2 rings (SSSR count). The fourth-order valence-electron chi connectivity index (χ4n) is 2.97. The standard InChI is InChI=1S/C17H22F3NO2S/c1-11(2-3-22)7-21-8-14(24)5-13(21)10-23-9-12-4-16(19)17(20)6-15(12)18/h3-4,6,11,13-14,24H,2,5,7-10H2,1H3. The van der Waals surface area contributed by atoms with Crippen molar-refractivity contribution >= 4 is 18.9 Å². The van der Waals surface area contributed by atoms with Gasteiger partial charge in [0.1, 0.15) is 12.1 Å². The van der Waals surface area contributed by atoms with Crippen molar-refractivity contribution in [2.24, 2.45) is 5.92 Å². The van der Waals surface area contributed by atoms with Crippen LogP contribution in [0.15, 0.2) is 12.1 Å². The highest BCUT2D eigenvalue weighted by Crippen LogP contribution is 2.24. The third kappa shape index (κ3) is 5.22. The Morgan fingerprint density at radius 2 is 2.04 bits per heavy atom. The van der Waals surface area contributed by atoms with Crippen molar-refractivity contribution < 1.29 is 22.7 Å². The molecule has 3 atom stereocenters. The highest BCUT2D eigenvalue weighted by Gasteiger charge is 2.31. The van der Waals surface area contributed by atoms with E-state index in [1.54, 1.807) is 0 Å². The first-order chi connectivity index (χ1) is 11.4. The molecule has 1 heterocycles. The van der Waals surface area contributed by atoms with Crippen LogP contribution in [0.4, 0.5) is 13.2 Å². The summed E-state index contributed by atoms with van der Waals surface area (Å²) in [4.78, 5) is 12.8. The van der Waals surface area contributed by atoms with Gasteiger partial charge in [-0.15, -0.1) is 0 Å². The van der Waals surface area contributed by atoms with E-state index in [4.69, 9.17) is 4.74 Å². The fourth-order valence-corrected chi connectivity index (χ4v) is 3.43. The number of thiol groups is 1. The molecule has 1 aliphatic rings. The summed E-state index contributed by atoms with van der Waals surface area (Å²) in [6.45, 7) is 3.82. The van der Waals surface area contributed by atoms with E-state index in [2.05, 4.69) is 17.5 Å². The molecule has 0 spiro atoms. The maximum atomic E-state index is 13.6. The summed E-state index contributed by atoms with van der Waals surface area (Å²) in [5.41, 5.74) is -0.00445. The number of likely N-dealkylation sites (tertiary alicyclic amines) is 1. The molecule has 0 N–H and O–H groups in total. The van der Waals surface area contributed by atoms with Crippen molar-refractivity contribution in [2.45, 2.75) is 37.7 Å². The van der Waals surface area contributed by atoms with Crippen LogP contribution in [-0.4, -0.2) is 42.2 Å². The molecule has 1 aromatic carbocycles. The van der Waals surface area contributed by atoms with Crippen molar-refractivity contribution in [2.75, 3.05) is 19.7 Å². The summed E-state index contributed by atoms with van der Waals surface area (Å²) >= 11 is 4.50. The van der Waals surface area contributed by atoms with Crippen LogP contribution < -0.4 is 0 Å². The molecule has 1 saturated heterocycles. The molecule has 0 aliphatic carbocycles. The minimum Gasteiger partial charge on any atom is -0.375 e. The smallest absolute Gasteiger partial charge is 0.161 e. The Morgan fingerprint density at radius 1 is 1.33 bits per heavy atom. The SMILES string of the molecule is CC(CC=O)CN1CC(S)CC1COCc1cc(F)c(F)cc1F. The van der Waals surface area contributed by atoms with Crippen LogP contribution in [-0.2, 0) is 16.1 Å². The van der Waals surface area contributed by atoms with E-state index < -0.39 is 17.5 Å². The average Bonchev–Trinajstić information content (AvgIpc) is 2.84. The van der Waals surface area contributed by atoms with Crippen molar-refractivity contribution in [3.05, 3.63) is 35.1 Å². The molecule has 0 radical (unpaired) electrons. The van der Waals surface area contributed by atoms with E-state index in [1.807, 2.05) is 6.92 Å². The minimum absolute atomic E-state index is 0.00445. The van der Waals surface area contributed by atoms with Crippen molar-refractivity contribution in [1.82, 2.24) is 4.90 Å². The number of benzene rings is 1. The number of hydrogen-bond donors (Lipinski definition) is 1. The lowest BCUT2D eigenvalue weighted by atomic mass is 10.1. The van der Waals surface area contributed by atoms with E-state index >= 15 is 0 Å². The number of carbonyl (C=O) groups excluding carboxylic acids is 1. The van der Waals surface area contributed by atoms with Gasteiger partial charge < -0.3 is 9.53 Å². The van der Waals surface area contributed by atoms with Crippen LogP contribution in [0.25, 0.3) is 0 Å². The molecule has 1 aliphatic heterocycles. The highest BCUT2D eigenvalue weighted by atomic mass is 32.1. The van der Waals surface area contributed by atoms with E-state index in [1.165, 1.54) is 0 Å². The first-order valence-corrected chi connectivity index (χ1v) is 8.49. The first kappa shape index (κ1) is 19.3. The van der Waals surface area contributed by atoms with Gasteiger partial charge in [-0.25, -0.2) is 13.2 Å². The molecule has 0 saturated carbocycles. The minimum atomic E-state index is -1.21. The average molecular weight is 361 g/mol. The van der Waals surface area contributed by atoms with Crippen LogP contribution in [0.3, 0.4) is 0 Å². The maximum Gasteiger partial charge on any atom is 0.161 e. The highest BCUT2D eigenvalue weighted by molar-refractivity contribution is 7.81. The van der Waals surface area contributed by atoms with E-state index in [9.17, 15) is 18.0 Å². The zero-order valence-corrected chi connectivity index (χ0v) is 14.4. The number of ether oxygens (including phenoxy) is 1. The van der Waals surface area contributed by atoms with Crippen LogP contribution in [0, 0.1) is 23.4 Å². The Kier molecular flexibility index (Phi) is 7.13. The Hall–Kier alpha value is -1.05. The molecule has 3 unspecified atom stereocenters. The summed E-state index contributed by atoms with van der Waals surface area (Å²) in [6.07, 6.45) is 2.24. The number of nitrogens with zero attached hydrogens (tertiary/aromatic N) is 1. The Labute approximate surface area is 145 Å². The third-order valence-corrected chi connectivity index (χ3v) is 4.58. The largest absolute Gasteiger partial charge is 0.375 e. The van der Waals surface area contributed by atoms with Gasteiger partial charge in [0, 0.05) is 42.4 Å². The number of rotatable bonds is 8. The number of aldehydes is 1. The predicted molar refractivity (Wildman–Crippen MR) is 88.6 cm³/mol.